The predicted molar refractivity (Wildman–Crippen MR) is 55.8 cm³/mol. The molecule has 82 valence electrons. The van der Waals surface area contributed by atoms with Gasteiger partial charge in [0.05, 0.1) is 11.3 Å². The van der Waals surface area contributed by atoms with Crippen LogP contribution in [0.1, 0.15) is 0 Å². The number of carboxylic acids is 1. The Hall–Kier alpha value is -1.96. The van der Waals surface area contributed by atoms with Gasteiger partial charge in [-0.25, -0.2) is 15.0 Å². The third-order valence-corrected chi connectivity index (χ3v) is 2.46. The molecule has 0 spiro atoms. The first-order chi connectivity index (χ1) is 7.75. The maximum absolute atomic E-state index is 10.3. The van der Waals surface area contributed by atoms with E-state index < -0.39 is 5.97 Å². The van der Waals surface area contributed by atoms with Gasteiger partial charge in [0, 0.05) is 12.4 Å². The highest BCUT2D eigenvalue weighted by Crippen LogP contribution is 2.17. The third kappa shape index (κ3) is 2.54. The van der Waals surface area contributed by atoms with Gasteiger partial charge in [0.25, 0.3) is 0 Å². The second kappa shape index (κ2) is 4.71. The first kappa shape index (κ1) is 10.6. The average molecular weight is 237 g/mol. The summed E-state index contributed by atoms with van der Waals surface area (Å²) in [6.45, 7) is 0. The SMILES string of the molecule is O=C(O)CSc1n[nH]c(-c2cncnc2)n1. The molecule has 0 aliphatic rings. The van der Waals surface area contributed by atoms with Crippen LogP contribution in [-0.4, -0.2) is 42.0 Å². The molecule has 0 fully saturated rings. The van der Waals surface area contributed by atoms with E-state index in [1.165, 1.54) is 6.33 Å². The van der Waals surface area contributed by atoms with E-state index in [0.29, 0.717) is 16.5 Å². The van der Waals surface area contributed by atoms with Crippen molar-refractivity contribution in [1.29, 1.82) is 0 Å². The van der Waals surface area contributed by atoms with Crippen LogP contribution in [0.4, 0.5) is 0 Å². The number of hydrogen-bond donors (Lipinski definition) is 2. The Morgan fingerprint density at radius 1 is 1.44 bits per heavy atom. The van der Waals surface area contributed by atoms with Crippen LogP contribution in [-0.2, 0) is 4.79 Å². The average Bonchev–Trinajstić information content (AvgIpc) is 2.76. The zero-order valence-electron chi connectivity index (χ0n) is 7.99. The monoisotopic (exact) mass is 237 g/mol. The summed E-state index contributed by atoms with van der Waals surface area (Å²) in [5.74, 6) is -0.448. The lowest BCUT2D eigenvalue weighted by atomic mass is 10.3. The van der Waals surface area contributed by atoms with Crippen molar-refractivity contribution in [2.75, 3.05) is 5.75 Å². The van der Waals surface area contributed by atoms with Gasteiger partial charge in [-0.2, -0.15) is 0 Å². The summed E-state index contributed by atoms with van der Waals surface area (Å²) in [7, 11) is 0. The molecule has 0 aliphatic heterocycles. The lowest BCUT2D eigenvalue weighted by molar-refractivity contribution is -0.133. The Kier molecular flexibility index (Phi) is 3.10. The molecule has 0 saturated heterocycles. The zero-order valence-corrected chi connectivity index (χ0v) is 8.81. The van der Waals surface area contributed by atoms with E-state index in [9.17, 15) is 4.79 Å². The highest BCUT2D eigenvalue weighted by Gasteiger charge is 2.07. The lowest BCUT2D eigenvalue weighted by Gasteiger charge is -1.91. The van der Waals surface area contributed by atoms with Gasteiger partial charge in [-0.05, 0) is 0 Å². The van der Waals surface area contributed by atoms with Crippen molar-refractivity contribution >= 4 is 17.7 Å². The molecule has 2 rings (SSSR count). The summed E-state index contributed by atoms with van der Waals surface area (Å²) in [6, 6.07) is 0. The molecule has 0 bridgehead atoms. The van der Waals surface area contributed by atoms with Crippen LogP contribution in [0.2, 0.25) is 0 Å². The van der Waals surface area contributed by atoms with Gasteiger partial charge in [-0.3, -0.25) is 9.89 Å². The first-order valence-corrected chi connectivity index (χ1v) is 5.26. The fraction of sp³-hybridized carbons (Fsp3) is 0.125. The van der Waals surface area contributed by atoms with E-state index in [2.05, 4.69) is 25.1 Å². The minimum atomic E-state index is -0.903. The molecule has 2 heterocycles. The van der Waals surface area contributed by atoms with Crippen molar-refractivity contribution in [3.8, 4) is 11.4 Å². The Labute approximate surface area is 94.4 Å². The van der Waals surface area contributed by atoms with Crippen molar-refractivity contribution in [2.45, 2.75) is 5.16 Å². The number of nitrogens with one attached hydrogen (secondary N) is 1. The van der Waals surface area contributed by atoms with Gasteiger partial charge in [-0.1, -0.05) is 11.8 Å². The molecular formula is C8H7N5O2S. The zero-order chi connectivity index (χ0) is 11.4. The van der Waals surface area contributed by atoms with E-state index in [0.717, 1.165) is 11.8 Å². The largest absolute Gasteiger partial charge is 0.481 e. The summed E-state index contributed by atoms with van der Waals surface area (Å²) in [4.78, 5) is 22.1. The normalized spacial score (nSPS) is 10.2. The standard InChI is InChI=1S/C8H7N5O2S/c14-6(15)3-16-8-11-7(12-13-8)5-1-9-4-10-2-5/h1-2,4H,3H2,(H,14,15)(H,11,12,13). The Bertz CT molecular complexity index is 486. The van der Waals surface area contributed by atoms with Crippen LogP contribution in [0.25, 0.3) is 11.4 Å². The molecule has 0 atom stereocenters. The van der Waals surface area contributed by atoms with Gasteiger partial charge >= 0.3 is 5.97 Å². The maximum Gasteiger partial charge on any atom is 0.313 e. The number of carbonyl (C=O) groups is 1. The number of hydrogen-bond acceptors (Lipinski definition) is 6. The van der Waals surface area contributed by atoms with Crippen LogP contribution < -0.4 is 0 Å². The molecule has 16 heavy (non-hydrogen) atoms. The summed E-state index contributed by atoms with van der Waals surface area (Å²) in [5, 5.41) is 15.4. The van der Waals surface area contributed by atoms with Gasteiger partial charge in [0.15, 0.2) is 5.82 Å². The number of aliphatic carboxylic acids is 1. The number of rotatable bonds is 4. The molecule has 0 aliphatic carbocycles. The molecule has 8 heteroatoms. The second-order valence-corrected chi connectivity index (χ2v) is 3.72. The minimum Gasteiger partial charge on any atom is -0.481 e. The van der Waals surface area contributed by atoms with E-state index in [-0.39, 0.29) is 5.75 Å². The van der Waals surface area contributed by atoms with Crippen LogP contribution >= 0.6 is 11.8 Å². The highest BCUT2D eigenvalue weighted by molar-refractivity contribution is 7.99. The smallest absolute Gasteiger partial charge is 0.313 e. The van der Waals surface area contributed by atoms with Gasteiger partial charge in [0.1, 0.15) is 6.33 Å². The molecular weight excluding hydrogens is 230 g/mol. The first-order valence-electron chi connectivity index (χ1n) is 4.28. The van der Waals surface area contributed by atoms with Gasteiger partial charge in [-0.15, -0.1) is 5.10 Å². The number of carboxylic acid groups (broad SMARTS) is 1. The lowest BCUT2D eigenvalue weighted by Crippen LogP contribution is -1.97. The molecule has 7 nitrogen and oxygen atoms in total. The maximum atomic E-state index is 10.3. The molecule has 2 aromatic rings. The van der Waals surface area contributed by atoms with E-state index in [1.807, 2.05) is 0 Å². The molecule has 0 amide bonds. The number of nitrogens with zero attached hydrogens (tertiary/aromatic N) is 4. The summed E-state index contributed by atoms with van der Waals surface area (Å²) >= 11 is 1.05. The molecule has 0 aromatic carbocycles. The molecule has 0 saturated carbocycles. The third-order valence-electron chi connectivity index (χ3n) is 1.62. The highest BCUT2D eigenvalue weighted by atomic mass is 32.2. The van der Waals surface area contributed by atoms with Crippen molar-refractivity contribution in [3.05, 3.63) is 18.7 Å². The quantitative estimate of drug-likeness (QED) is 0.743. The van der Waals surface area contributed by atoms with Crippen molar-refractivity contribution in [1.82, 2.24) is 25.1 Å². The van der Waals surface area contributed by atoms with Gasteiger partial charge < -0.3 is 5.11 Å². The molecule has 2 aromatic heterocycles. The Balaban J connectivity index is 2.11. The van der Waals surface area contributed by atoms with Crippen LogP contribution in [0.15, 0.2) is 23.9 Å². The van der Waals surface area contributed by atoms with E-state index in [1.54, 1.807) is 12.4 Å². The topological polar surface area (TPSA) is 105 Å². The fourth-order valence-electron chi connectivity index (χ4n) is 0.988. The van der Waals surface area contributed by atoms with E-state index in [4.69, 9.17) is 5.11 Å². The summed E-state index contributed by atoms with van der Waals surface area (Å²) < 4.78 is 0. The predicted octanol–water partition coefficient (Wildman–Crippen LogP) is 0.438. The molecule has 2 N–H and O–H groups in total. The van der Waals surface area contributed by atoms with Crippen molar-refractivity contribution < 1.29 is 9.90 Å². The number of aromatic amines is 1. The second-order valence-electron chi connectivity index (χ2n) is 2.78. The Morgan fingerprint density at radius 3 is 2.88 bits per heavy atom. The van der Waals surface area contributed by atoms with Gasteiger partial charge in [0.2, 0.25) is 5.16 Å². The summed E-state index contributed by atoms with van der Waals surface area (Å²) in [6.07, 6.45) is 4.61. The van der Waals surface area contributed by atoms with Crippen LogP contribution in [0.5, 0.6) is 0 Å². The van der Waals surface area contributed by atoms with Crippen molar-refractivity contribution in [3.63, 3.8) is 0 Å². The Morgan fingerprint density at radius 2 is 2.19 bits per heavy atom. The number of H-pyrrole nitrogens is 1. The minimum absolute atomic E-state index is 0.0669. The summed E-state index contributed by atoms with van der Waals surface area (Å²) in [5.41, 5.74) is 0.706. The van der Waals surface area contributed by atoms with Crippen LogP contribution in [0.3, 0.4) is 0 Å². The van der Waals surface area contributed by atoms with Crippen LogP contribution in [0, 0.1) is 0 Å². The van der Waals surface area contributed by atoms with Crippen molar-refractivity contribution in [2.24, 2.45) is 0 Å². The molecule has 0 unspecified atom stereocenters. The number of thioether (sulfide) groups is 1. The van der Waals surface area contributed by atoms with E-state index >= 15 is 0 Å². The molecule has 0 radical (unpaired) electrons. The fourth-order valence-corrected chi connectivity index (χ4v) is 1.51. The number of aromatic nitrogens is 5.